The van der Waals surface area contributed by atoms with Crippen LogP contribution >= 0.6 is 0 Å². The maximum Gasteiger partial charge on any atom is 0.125 e. The largest absolute Gasteiger partial charge is 0.493 e. The zero-order valence-corrected chi connectivity index (χ0v) is 24.7. The molecule has 4 atom stereocenters. The lowest BCUT2D eigenvalue weighted by molar-refractivity contribution is 0.271. The number of aryl methyl sites for hydroxylation is 4. The quantitative estimate of drug-likeness (QED) is 0.156. The van der Waals surface area contributed by atoms with Gasteiger partial charge >= 0.3 is 0 Å². The fraction of sp³-hybridized carbons (Fsp3) is 0.647. The molecule has 2 aliphatic rings. The highest BCUT2D eigenvalue weighted by Crippen LogP contribution is 2.37. The van der Waals surface area contributed by atoms with Crippen molar-refractivity contribution in [1.82, 2.24) is 0 Å². The molecule has 0 radical (unpaired) electrons. The van der Waals surface area contributed by atoms with Gasteiger partial charge in [0.1, 0.15) is 11.5 Å². The molecule has 210 valence electrons. The molecule has 0 bridgehead atoms. The number of ether oxygens (including phenoxy) is 4. The molecule has 4 nitrogen and oxygen atoms in total. The second-order valence-electron chi connectivity index (χ2n) is 11.3. The Labute approximate surface area is 231 Å². The lowest BCUT2D eigenvalue weighted by Crippen LogP contribution is -2.09. The fourth-order valence-electron chi connectivity index (χ4n) is 5.56. The molecular weight excluding hydrogens is 472 g/mol. The summed E-state index contributed by atoms with van der Waals surface area (Å²) in [6, 6.07) is 9.41. The first-order valence-corrected chi connectivity index (χ1v) is 15.3. The Morgan fingerprint density at radius 3 is 1.21 bits per heavy atom. The number of hydrogen-bond donors (Lipinski definition) is 0. The monoisotopic (exact) mass is 522 g/mol. The van der Waals surface area contributed by atoms with Crippen molar-refractivity contribution in [2.45, 2.75) is 105 Å². The van der Waals surface area contributed by atoms with Crippen LogP contribution in [0, 0.1) is 11.8 Å². The molecule has 4 heteroatoms. The highest BCUT2D eigenvalue weighted by Gasteiger charge is 2.29. The molecule has 38 heavy (non-hydrogen) atoms. The Balaban J connectivity index is 1.48. The Morgan fingerprint density at radius 1 is 0.632 bits per heavy atom. The number of hydrogen-bond acceptors (Lipinski definition) is 4. The van der Waals surface area contributed by atoms with E-state index >= 15 is 0 Å². The van der Waals surface area contributed by atoms with Crippen LogP contribution in [0.4, 0.5) is 0 Å². The average Bonchev–Trinajstić information content (AvgIpc) is 3.85. The molecule has 0 aliphatic carbocycles. The van der Waals surface area contributed by atoms with E-state index in [2.05, 4.69) is 65.8 Å². The minimum atomic E-state index is 0.482. The Hall–Kier alpha value is -2.04. The summed E-state index contributed by atoms with van der Waals surface area (Å²) in [5.41, 5.74) is 7.82. The van der Waals surface area contributed by atoms with Crippen LogP contribution in [-0.2, 0) is 35.2 Å². The highest BCUT2D eigenvalue weighted by molar-refractivity contribution is 5.71. The van der Waals surface area contributed by atoms with Crippen LogP contribution in [-0.4, -0.2) is 38.6 Å². The van der Waals surface area contributed by atoms with Crippen molar-refractivity contribution in [3.8, 4) is 22.6 Å². The molecule has 2 aliphatic heterocycles. The van der Waals surface area contributed by atoms with Gasteiger partial charge in [-0.25, -0.2) is 0 Å². The van der Waals surface area contributed by atoms with Crippen molar-refractivity contribution in [1.29, 1.82) is 0 Å². The topological polar surface area (TPSA) is 43.5 Å². The summed E-state index contributed by atoms with van der Waals surface area (Å²) < 4.78 is 23.7. The molecule has 2 heterocycles. The summed E-state index contributed by atoms with van der Waals surface area (Å²) in [4.78, 5) is 0. The normalized spacial score (nSPS) is 19.7. The molecule has 0 spiro atoms. The molecule has 0 N–H and O–H groups in total. The van der Waals surface area contributed by atoms with Gasteiger partial charge in [-0.3, -0.25) is 0 Å². The molecule has 2 saturated heterocycles. The van der Waals surface area contributed by atoms with Crippen LogP contribution in [0.5, 0.6) is 11.5 Å². The van der Waals surface area contributed by atoms with Gasteiger partial charge in [0, 0.05) is 0 Å². The van der Waals surface area contributed by atoms with Crippen molar-refractivity contribution in [2.24, 2.45) is 11.8 Å². The van der Waals surface area contributed by atoms with E-state index < -0.39 is 0 Å². The molecular formula is C34H50O4. The SMILES string of the molecule is CCc1cc(-c2cc(CC)c(OCCCC(C)C3CO3)c(CC)c2)cc(CC)c1OCCCC(C)C1CO1. The van der Waals surface area contributed by atoms with Crippen LogP contribution < -0.4 is 9.47 Å². The molecule has 2 aromatic carbocycles. The van der Waals surface area contributed by atoms with Gasteiger partial charge in [0.15, 0.2) is 0 Å². The third-order valence-electron chi connectivity index (χ3n) is 8.43. The number of epoxide rings is 2. The first-order valence-electron chi connectivity index (χ1n) is 15.3. The zero-order valence-electron chi connectivity index (χ0n) is 24.7. The van der Waals surface area contributed by atoms with Gasteiger partial charge in [-0.2, -0.15) is 0 Å². The van der Waals surface area contributed by atoms with Gasteiger partial charge in [0.2, 0.25) is 0 Å². The van der Waals surface area contributed by atoms with Crippen LogP contribution in [0.2, 0.25) is 0 Å². The van der Waals surface area contributed by atoms with Crippen molar-refractivity contribution < 1.29 is 18.9 Å². The Morgan fingerprint density at radius 2 is 0.947 bits per heavy atom. The number of rotatable bonds is 17. The van der Waals surface area contributed by atoms with E-state index in [0.717, 1.165) is 89.3 Å². The third-order valence-corrected chi connectivity index (χ3v) is 8.43. The first-order chi connectivity index (χ1) is 18.5. The van der Waals surface area contributed by atoms with Gasteiger partial charge in [-0.05, 0) is 121 Å². The fourth-order valence-corrected chi connectivity index (χ4v) is 5.56. The van der Waals surface area contributed by atoms with E-state index in [1.807, 2.05) is 0 Å². The van der Waals surface area contributed by atoms with Gasteiger partial charge < -0.3 is 18.9 Å². The summed E-state index contributed by atoms with van der Waals surface area (Å²) in [5.74, 6) is 3.47. The lowest BCUT2D eigenvalue weighted by Gasteiger charge is -2.20. The van der Waals surface area contributed by atoms with Crippen molar-refractivity contribution >= 4 is 0 Å². The maximum absolute atomic E-state index is 6.42. The molecule has 2 aromatic rings. The van der Waals surface area contributed by atoms with Crippen LogP contribution in [0.25, 0.3) is 11.1 Å². The molecule has 4 unspecified atom stereocenters. The average molecular weight is 523 g/mol. The first kappa shape index (κ1) is 29.0. The maximum atomic E-state index is 6.42. The second-order valence-corrected chi connectivity index (χ2v) is 11.3. The summed E-state index contributed by atoms with van der Waals surface area (Å²) in [5, 5.41) is 0. The highest BCUT2D eigenvalue weighted by atomic mass is 16.6. The molecule has 0 saturated carbocycles. The van der Waals surface area contributed by atoms with Crippen molar-refractivity contribution in [2.75, 3.05) is 26.4 Å². The van der Waals surface area contributed by atoms with Gasteiger partial charge in [-0.1, -0.05) is 41.5 Å². The summed E-state index contributed by atoms with van der Waals surface area (Å²) in [7, 11) is 0. The smallest absolute Gasteiger partial charge is 0.125 e. The standard InChI is InChI=1S/C34H50O4/c1-7-25-17-29(18-26(8-2)33(25)35-15-11-13-23(5)31-21-37-31)30-19-27(9-3)34(28(10-4)20-30)36-16-12-14-24(6)32-22-38-32/h17-20,23-24,31-32H,7-16,21-22H2,1-6H3. The summed E-state index contributed by atoms with van der Waals surface area (Å²) in [6.07, 6.45) is 9.30. The van der Waals surface area contributed by atoms with Crippen LogP contribution in [0.3, 0.4) is 0 Å². The van der Waals surface area contributed by atoms with E-state index in [0.29, 0.717) is 24.0 Å². The van der Waals surface area contributed by atoms with E-state index in [4.69, 9.17) is 18.9 Å². The van der Waals surface area contributed by atoms with E-state index in [1.165, 1.54) is 33.4 Å². The minimum Gasteiger partial charge on any atom is -0.493 e. The number of benzene rings is 2. The zero-order chi connectivity index (χ0) is 27.1. The Kier molecular flexibility index (Phi) is 10.6. The second kappa shape index (κ2) is 13.8. The van der Waals surface area contributed by atoms with Crippen LogP contribution in [0.15, 0.2) is 24.3 Å². The van der Waals surface area contributed by atoms with Crippen LogP contribution in [0.1, 0.15) is 89.5 Å². The molecule has 0 aromatic heterocycles. The lowest BCUT2D eigenvalue weighted by atomic mass is 9.92. The van der Waals surface area contributed by atoms with Crippen molar-refractivity contribution in [3.05, 3.63) is 46.5 Å². The Bertz CT molecular complexity index is 903. The third kappa shape index (κ3) is 7.54. The van der Waals surface area contributed by atoms with E-state index in [1.54, 1.807) is 0 Å². The molecule has 4 rings (SSSR count). The molecule has 0 amide bonds. The summed E-state index contributed by atoms with van der Waals surface area (Å²) >= 11 is 0. The van der Waals surface area contributed by atoms with E-state index in [9.17, 15) is 0 Å². The summed E-state index contributed by atoms with van der Waals surface area (Å²) in [6.45, 7) is 16.9. The van der Waals surface area contributed by atoms with E-state index in [-0.39, 0.29) is 0 Å². The van der Waals surface area contributed by atoms with Crippen molar-refractivity contribution in [3.63, 3.8) is 0 Å². The predicted octanol–water partition coefficient (Wildman–Crippen LogP) is 7.99. The van der Waals surface area contributed by atoms with Gasteiger partial charge in [0.05, 0.1) is 38.6 Å². The van der Waals surface area contributed by atoms with Gasteiger partial charge in [0.25, 0.3) is 0 Å². The molecule has 2 fully saturated rings. The van der Waals surface area contributed by atoms with Gasteiger partial charge in [-0.15, -0.1) is 0 Å². The predicted molar refractivity (Wildman–Crippen MR) is 157 cm³/mol. The minimum absolute atomic E-state index is 0.482.